The molecule has 0 radical (unpaired) electrons. The molecular formula is C11H26N4O. The number of amidine groups is 1. The van der Waals surface area contributed by atoms with E-state index in [9.17, 15) is 0 Å². The van der Waals surface area contributed by atoms with Crippen LogP contribution < -0.4 is 11.1 Å². The van der Waals surface area contributed by atoms with Crippen LogP contribution in [0.4, 0.5) is 0 Å². The topological polar surface area (TPSA) is 73.9 Å². The van der Waals surface area contributed by atoms with Gasteiger partial charge in [-0.15, -0.1) is 0 Å². The van der Waals surface area contributed by atoms with Crippen molar-refractivity contribution in [3.8, 4) is 0 Å². The third kappa shape index (κ3) is 5.92. The molecule has 1 unspecified atom stereocenters. The van der Waals surface area contributed by atoms with Gasteiger partial charge in [0.1, 0.15) is 0 Å². The molecule has 0 amide bonds. The van der Waals surface area contributed by atoms with Crippen molar-refractivity contribution in [3.63, 3.8) is 0 Å². The first-order chi connectivity index (χ1) is 7.69. The van der Waals surface area contributed by atoms with Crippen LogP contribution in [-0.4, -0.2) is 48.2 Å². The van der Waals surface area contributed by atoms with Crippen LogP contribution in [0.2, 0.25) is 0 Å². The van der Waals surface area contributed by atoms with Crippen molar-refractivity contribution in [1.82, 2.24) is 10.2 Å². The second-order valence-electron chi connectivity index (χ2n) is 3.82. The Morgan fingerprint density at radius 3 is 2.44 bits per heavy atom. The SMILES string of the molecule is CCC(NCCCN(CC)CC)C(N)=NO. The number of nitrogens with zero attached hydrogens (tertiary/aromatic N) is 2. The van der Waals surface area contributed by atoms with E-state index >= 15 is 0 Å². The van der Waals surface area contributed by atoms with Crippen LogP contribution in [0.5, 0.6) is 0 Å². The van der Waals surface area contributed by atoms with Crippen LogP contribution in [0.15, 0.2) is 5.16 Å². The van der Waals surface area contributed by atoms with Gasteiger partial charge in [0.05, 0.1) is 6.04 Å². The summed E-state index contributed by atoms with van der Waals surface area (Å²) in [6.45, 7) is 10.5. The highest BCUT2D eigenvalue weighted by atomic mass is 16.4. The number of hydrogen-bond donors (Lipinski definition) is 3. The van der Waals surface area contributed by atoms with Gasteiger partial charge in [-0.2, -0.15) is 0 Å². The summed E-state index contributed by atoms with van der Waals surface area (Å²) in [6.07, 6.45) is 1.91. The van der Waals surface area contributed by atoms with E-state index in [0.29, 0.717) is 0 Å². The number of nitrogens with two attached hydrogens (primary N) is 1. The predicted octanol–water partition coefficient (Wildman–Crippen LogP) is 0.833. The minimum atomic E-state index is -0.0123. The molecule has 16 heavy (non-hydrogen) atoms. The molecule has 0 aliphatic rings. The number of hydrogen-bond acceptors (Lipinski definition) is 4. The van der Waals surface area contributed by atoms with Crippen molar-refractivity contribution in [3.05, 3.63) is 0 Å². The molecule has 0 rings (SSSR count). The van der Waals surface area contributed by atoms with E-state index in [-0.39, 0.29) is 11.9 Å². The Hall–Kier alpha value is -0.810. The van der Waals surface area contributed by atoms with E-state index in [1.165, 1.54) is 0 Å². The molecule has 0 bridgehead atoms. The number of nitrogens with one attached hydrogen (secondary N) is 1. The summed E-state index contributed by atoms with van der Waals surface area (Å²) < 4.78 is 0. The standard InChI is InChI=1S/C11H26N4O/c1-4-10(11(12)14-16)13-8-7-9-15(5-2)6-3/h10,13,16H,4-9H2,1-3H3,(H2,12,14). The first-order valence-electron chi connectivity index (χ1n) is 6.12. The summed E-state index contributed by atoms with van der Waals surface area (Å²) in [5.74, 6) is 0.269. The lowest BCUT2D eigenvalue weighted by atomic mass is 10.2. The number of oxime groups is 1. The van der Waals surface area contributed by atoms with Crippen molar-refractivity contribution < 1.29 is 5.21 Å². The Bertz CT molecular complexity index is 192. The zero-order valence-electron chi connectivity index (χ0n) is 10.7. The van der Waals surface area contributed by atoms with Crippen LogP contribution >= 0.6 is 0 Å². The maximum absolute atomic E-state index is 8.57. The van der Waals surface area contributed by atoms with E-state index in [0.717, 1.165) is 39.0 Å². The Morgan fingerprint density at radius 1 is 1.38 bits per heavy atom. The van der Waals surface area contributed by atoms with Crippen molar-refractivity contribution >= 4 is 5.84 Å². The molecule has 4 N–H and O–H groups in total. The average molecular weight is 230 g/mol. The van der Waals surface area contributed by atoms with Crippen molar-refractivity contribution in [2.75, 3.05) is 26.2 Å². The van der Waals surface area contributed by atoms with Gasteiger partial charge in [-0.25, -0.2) is 0 Å². The predicted molar refractivity (Wildman–Crippen MR) is 67.9 cm³/mol. The molecule has 5 nitrogen and oxygen atoms in total. The van der Waals surface area contributed by atoms with Crippen LogP contribution in [0.3, 0.4) is 0 Å². The van der Waals surface area contributed by atoms with Gasteiger partial charge in [0.15, 0.2) is 5.84 Å². The fraction of sp³-hybridized carbons (Fsp3) is 0.909. The normalized spacial score (nSPS) is 14.4. The molecule has 1 atom stereocenters. The molecule has 0 aromatic rings. The maximum Gasteiger partial charge on any atom is 0.156 e. The quantitative estimate of drug-likeness (QED) is 0.180. The van der Waals surface area contributed by atoms with Gasteiger partial charge in [0.2, 0.25) is 0 Å². The molecule has 5 heteroatoms. The smallest absolute Gasteiger partial charge is 0.156 e. The van der Waals surface area contributed by atoms with Gasteiger partial charge in [-0.1, -0.05) is 25.9 Å². The molecule has 0 aromatic carbocycles. The average Bonchev–Trinajstić information content (AvgIpc) is 2.33. The summed E-state index contributed by atoms with van der Waals surface area (Å²) in [7, 11) is 0. The van der Waals surface area contributed by atoms with Gasteiger partial charge >= 0.3 is 0 Å². The Kier molecular flexibility index (Phi) is 8.94. The first-order valence-corrected chi connectivity index (χ1v) is 6.12. The Labute approximate surface area is 98.7 Å². The molecule has 0 heterocycles. The van der Waals surface area contributed by atoms with Crippen molar-refractivity contribution in [2.45, 2.75) is 39.7 Å². The van der Waals surface area contributed by atoms with Crippen molar-refractivity contribution in [2.24, 2.45) is 10.9 Å². The summed E-state index contributed by atoms with van der Waals surface area (Å²) in [4.78, 5) is 2.38. The highest BCUT2D eigenvalue weighted by molar-refractivity contribution is 5.85. The number of rotatable bonds is 9. The molecular weight excluding hydrogens is 204 g/mol. The summed E-state index contributed by atoms with van der Waals surface area (Å²) in [6, 6.07) is -0.0123. The molecule has 0 aromatic heterocycles. The van der Waals surface area contributed by atoms with Crippen molar-refractivity contribution in [1.29, 1.82) is 0 Å². The van der Waals surface area contributed by atoms with Crippen LogP contribution in [-0.2, 0) is 0 Å². The van der Waals surface area contributed by atoms with E-state index in [2.05, 4.69) is 29.2 Å². The molecule has 96 valence electrons. The Balaban J connectivity index is 3.71. The lowest BCUT2D eigenvalue weighted by Crippen LogP contribution is -2.42. The first kappa shape index (κ1) is 15.2. The van der Waals surface area contributed by atoms with Gasteiger partial charge in [-0.05, 0) is 39.0 Å². The second-order valence-corrected chi connectivity index (χ2v) is 3.82. The summed E-state index contributed by atoms with van der Waals surface area (Å²) >= 11 is 0. The fourth-order valence-corrected chi connectivity index (χ4v) is 1.65. The highest BCUT2D eigenvalue weighted by Gasteiger charge is 2.10. The van der Waals surface area contributed by atoms with E-state index < -0.39 is 0 Å². The Morgan fingerprint density at radius 2 is 2.00 bits per heavy atom. The second kappa shape index (κ2) is 9.42. The van der Waals surface area contributed by atoms with Gasteiger partial charge < -0.3 is 21.2 Å². The minimum absolute atomic E-state index is 0.0123. The van der Waals surface area contributed by atoms with Crippen LogP contribution in [0, 0.1) is 0 Å². The highest BCUT2D eigenvalue weighted by Crippen LogP contribution is 1.93. The molecule has 0 aliphatic heterocycles. The van der Waals surface area contributed by atoms with Crippen LogP contribution in [0.25, 0.3) is 0 Å². The zero-order chi connectivity index (χ0) is 12.4. The molecule has 0 fully saturated rings. The largest absolute Gasteiger partial charge is 0.409 e. The monoisotopic (exact) mass is 230 g/mol. The molecule has 0 spiro atoms. The zero-order valence-corrected chi connectivity index (χ0v) is 10.7. The minimum Gasteiger partial charge on any atom is -0.409 e. The van der Waals surface area contributed by atoms with Crippen LogP contribution in [0.1, 0.15) is 33.6 Å². The maximum atomic E-state index is 8.57. The van der Waals surface area contributed by atoms with E-state index in [1.807, 2.05) is 6.92 Å². The molecule has 0 saturated carbocycles. The lowest BCUT2D eigenvalue weighted by Gasteiger charge is -2.19. The molecule has 0 aliphatic carbocycles. The van der Waals surface area contributed by atoms with Gasteiger partial charge in [0, 0.05) is 0 Å². The molecule has 0 saturated heterocycles. The summed E-state index contributed by atoms with van der Waals surface area (Å²) in [5.41, 5.74) is 5.55. The summed E-state index contributed by atoms with van der Waals surface area (Å²) in [5, 5.41) is 14.9. The lowest BCUT2D eigenvalue weighted by molar-refractivity contribution is 0.295. The van der Waals surface area contributed by atoms with Gasteiger partial charge in [0.25, 0.3) is 0 Å². The van der Waals surface area contributed by atoms with E-state index in [1.54, 1.807) is 0 Å². The third-order valence-corrected chi connectivity index (χ3v) is 2.82. The van der Waals surface area contributed by atoms with Gasteiger partial charge in [-0.3, -0.25) is 0 Å². The third-order valence-electron chi connectivity index (χ3n) is 2.82. The fourth-order valence-electron chi connectivity index (χ4n) is 1.65. The van der Waals surface area contributed by atoms with E-state index in [4.69, 9.17) is 10.9 Å².